The molecule has 3 aromatic rings. The maximum atomic E-state index is 12.0. The number of aromatic amines is 1. The van der Waals surface area contributed by atoms with Crippen molar-refractivity contribution in [2.24, 2.45) is 0 Å². The molecule has 2 aromatic heterocycles. The first-order valence-corrected chi connectivity index (χ1v) is 7.49. The van der Waals surface area contributed by atoms with Crippen LogP contribution >= 0.6 is 11.6 Å². The van der Waals surface area contributed by atoms with E-state index in [1.807, 2.05) is 4.98 Å². The van der Waals surface area contributed by atoms with Crippen molar-refractivity contribution in [3.05, 3.63) is 63.4 Å². The molecule has 0 aliphatic rings. The lowest BCUT2D eigenvalue weighted by Gasteiger charge is -2.13. The molecule has 10 heteroatoms. The Labute approximate surface area is 150 Å². The normalized spacial score (nSPS) is 10.7. The summed E-state index contributed by atoms with van der Waals surface area (Å²) in [4.78, 5) is 41.1. The topological polar surface area (TPSA) is 151 Å². The van der Waals surface area contributed by atoms with E-state index in [2.05, 4.69) is 4.98 Å². The van der Waals surface area contributed by atoms with Crippen LogP contribution in [0.4, 0.5) is 5.82 Å². The van der Waals surface area contributed by atoms with Crippen LogP contribution in [0.3, 0.4) is 0 Å². The summed E-state index contributed by atoms with van der Waals surface area (Å²) in [6.07, 6.45) is 4.71. The number of carboxylic acid groups (broad SMARTS) is 2. The smallest absolute Gasteiger partial charge is 0.342 e. The highest BCUT2D eigenvalue weighted by Gasteiger charge is 2.26. The number of hydrogen-bond donors (Lipinski definition) is 4. The van der Waals surface area contributed by atoms with Crippen molar-refractivity contribution in [1.82, 2.24) is 14.5 Å². The molecule has 132 valence electrons. The molecule has 9 nitrogen and oxygen atoms in total. The number of nitrogens with one attached hydrogen (secondary N) is 1. The fourth-order valence-corrected chi connectivity index (χ4v) is 2.89. The van der Waals surface area contributed by atoms with Crippen molar-refractivity contribution in [1.29, 1.82) is 0 Å². The number of nitrogens with two attached hydrogens (primary N) is 1. The van der Waals surface area contributed by atoms with E-state index in [0.717, 1.165) is 0 Å². The first kappa shape index (κ1) is 17.2. The number of H-pyrrole nitrogens is 1. The number of imidazole rings is 1. The number of carbonyl (C=O) groups is 2. The Morgan fingerprint density at radius 1 is 1.19 bits per heavy atom. The number of carboxylic acids is 2. The lowest BCUT2D eigenvalue weighted by atomic mass is 9.95. The molecule has 0 spiro atoms. The zero-order valence-electron chi connectivity index (χ0n) is 12.9. The Bertz CT molecular complexity index is 1090. The number of halogens is 1. The summed E-state index contributed by atoms with van der Waals surface area (Å²) in [5.74, 6) is -3.51. The Morgan fingerprint density at radius 2 is 1.88 bits per heavy atom. The summed E-state index contributed by atoms with van der Waals surface area (Å²) in [7, 11) is 0. The van der Waals surface area contributed by atoms with Gasteiger partial charge in [0.2, 0.25) is 0 Å². The van der Waals surface area contributed by atoms with E-state index in [-0.39, 0.29) is 16.1 Å². The highest BCUT2D eigenvalue weighted by Crippen LogP contribution is 2.33. The molecule has 0 radical (unpaired) electrons. The molecule has 0 unspecified atom stereocenters. The van der Waals surface area contributed by atoms with Crippen LogP contribution in [0.5, 0.6) is 0 Å². The first-order valence-electron chi connectivity index (χ1n) is 7.12. The van der Waals surface area contributed by atoms with Gasteiger partial charge in [-0.2, -0.15) is 0 Å². The van der Waals surface area contributed by atoms with Gasteiger partial charge < -0.3 is 25.5 Å². The zero-order chi connectivity index (χ0) is 19.0. The summed E-state index contributed by atoms with van der Waals surface area (Å²) in [6, 6.07) is 4.37. The Hall–Kier alpha value is -3.59. The van der Waals surface area contributed by atoms with Crippen LogP contribution in [0.25, 0.3) is 16.8 Å². The van der Waals surface area contributed by atoms with Gasteiger partial charge in [-0.3, -0.25) is 4.79 Å². The predicted octanol–water partition coefficient (Wildman–Crippen LogP) is 1.86. The SMILES string of the molecule is Nc1[nH]c(=O)c(C(=O)O)c(-c2ccc(-n3ccnc3)c(Cl)c2)c1C(=O)O. The number of benzene rings is 1. The highest BCUT2D eigenvalue weighted by molar-refractivity contribution is 6.32. The third kappa shape index (κ3) is 2.80. The third-order valence-corrected chi connectivity index (χ3v) is 3.99. The second-order valence-corrected chi connectivity index (χ2v) is 5.65. The molecule has 0 fully saturated rings. The molecule has 0 saturated heterocycles. The van der Waals surface area contributed by atoms with Crippen LogP contribution in [0.2, 0.25) is 5.02 Å². The molecule has 0 aliphatic heterocycles. The number of nitrogen functional groups attached to an aromatic ring is 1. The largest absolute Gasteiger partial charge is 0.478 e. The second kappa shape index (κ2) is 6.37. The Kier molecular flexibility index (Phi) is 4.23. The van der Waals surface area contributed by atoms with E-state index in [1.54, 1.807) is 23.0 Å². The van der Waals surface area contributed by atoms with Crippen LogP contribution in [0, 0.1) is 0 Å². The number of anilines is 1. The summed E-state index contributed by atoms with van der Waals surface area (Å²) in [6.45, 7) is 0. The average Bonchev–Trinajstić information content (AvgIpc) is 3.07. The maximum Gasteiger partial charge on any atom is 0.342 e. The summed E-state index contributed by atoms with van der Waals surface area (Å²) in [5, 5.41) is 19.0. The molecule has 0 saturated carbocycles. The van der Waals surface area contributed by atoms with Crippen molar-refractivity contribution < 1.29 is 19.8 Å². The van der Waals surface area contributed by atoms with Gasteiger partial charge in [-0.05, 0) is 17.7 Å². The molecule has 0 amide bonds. The number of hydrogen-bond acceptors (Lipinski definition) is 5. The minimum atomic E-state index is -1.58. The minimum Gasteiger partial charge on any atom is -0.478 e. The average molecular weight is 375 g/mol. The molecule has 0 atom stereocenters. The summed E-state index contributed by atoms with van der Waals surface area (Å²) >= 11 is 6.25. The highest BCUT2D eigenvalue weighted by atomic mass is 35.5. The number of aromatic nitrogens is 3. The molecular weight excluding hydrogens is 364 g/mol. The third-order valence-electron chi connectivity index (χ3n) is 3.69. The van der Waals surface area contributed by atoms with Gasteiger partial charge in [0.15, 0.2) is 0 Å². The molecule has 0 bridgehead atoms. The summed E-state index contributed by atoms with van der Waals surface area (Å²) in [5.41, 5.74) is 3.69. The van der Waals surface area contributed by atoms with Crippen molar-refractivity contribution >= 4 is 29.4 Å². The minimum absolute atomic E-state index is 0.131. The van der Waals surface area contributed by atoms with Gasteiger partial charge in [0, 0.05) is 18.0 Å². The van der Waals surface area contributed by atoms with Crippen LogP contribution in [0.1, 0.15) is 20.7 Å². The molecule has 3 rings (SSSR count). The van der Waals surface area contributed by atoms with Crippen LogP contribution in [-0.2, 0) is 0 Å². The van der Waals surface area contributed by atoms with E-state index in [1.165, 1.54) is 18.5 Å². The number of nitrogens with zero attached hydrogens (tertiary/aromatic N) is 2. The molecule has 0 aliphatic carbocycles. The van der Waals surface area contributed by atoms with Crippen LogP contribution in [0.15, 0.2) is 41.7 Å². The molecule has 5 N–H and O–H groups in total. The van der Waals surface area contributed by atoms with Crippen molar-refractivity contribution in [2.75, 3.05) is 5.73 Å². The van der Waals surface area contributed by atoms with Crippen molar-refractivity contribution in [3.8, 4) is 16.8 Å². The monoisotopic (exact) mass is 374 g/mol. The number of aromatic carboxylic acids is 2. The number of rotatable bonds is 4. The molecule has 2 heterocycles. The Balaban J connectivity index is 2.33. The van der Waals surface area contributed by atoms with Gasteiger partial charge in [-0.25, -0.2) is 14.6 Å². The lowest BCUT2D eigenvalue weighted by molar-refractivity contribution is 0.0695. The van der Waals surface area contributed by atoms with Crippen molar-refractivity contribution in [2.45, 2.75) is 0 Å². The van der Waals surface area contributed by atoms with Gasteiger partial charge in [-0.15, -0.1) is 0 Å². The van der Waals surface area contributed by atoms with Gasteiger partial charge in [0.05, 0.1) is 17.0 Å². The molecular formula is C16H11ClN4O5. The van der Waals surface area contributed by atoms with E-state index in [0.29, 0.717) is 5.69 Å². The first-order chi connectivity index (χ1) is 12.3. The van der Waals surface area contributed by atoms with E-state index in [4.69, 9.17) is 17.3 Å². The second-order valence-electron chi connectivity index (χ2n) is 5.24. The fraction of sp³-hybridized carbons (Fsp3) is 0. The van der Waals surface area contributed by atoms with E-state index >= 15 is 0 Å². The van der Waals surface area contributed by atoms with Gasteiger partial charge >= 0.3 is 11.9 Å². The zero-order valence-corrected chi connectivity index (χ0v) is 13.7. The van der Waals surface area contributed by atoms with Crippen LogP contribution in [-0.4, -0.2) is 36.7 Å². The quantitative estimate of drug-likeness (QED) is 0.543. The van der Waals surface area contributed by atoms with Gasteiger partial charge in [-0.1, -0.05) is 17.7 Å². The van der Waals surface area contributed by atoms with Gasteiger partial charge in [0.25, 0.3) is 5.56 Å². The van der Waals surface area contributed by atoms with Crippen LogP contribution < -0.4 is 11.3 Å². The fourth-order valence-electron chi connectivity index (χ4n) is 2.61. The predicted molar refractivity (Wildman–Crippen MR) is 93.0 cm³/mol. The van der Waals surface area contributed by atoms with Crippen molar-refractivity contribution in [3.63, 3.8) is 0 Å². The molecule has 1 aromatic carbocycles. The summed E-state index contributed by atoms with van der Waals surface area (Å²) < 4.78 is 1.62. The standard InChI is InChI=1S/C16H11ClN4O5/c17-8-5-7(1-2-9(8)21-4-3-19-6-21)10-11(15(23)24)13(18)20-14(22)12(10)16(25)26/h1-6H,(H,23,24)(H,25,26)(H3,18,20,22). The maximum absolute atomic E-state index is 12.0. The molecule has 26 heavy (non-hydrogen) atoms. The van der Waals surface area contributed by atoms with Gasteiger partial charge in [0.1, 0.15) is 16.9 Å². The van der Waals surface area contributed by atoms with E-state index < -0.39 is 34.4 Å². The lowest BCUT2D eigenvalue weighted by Crippen LogP contribution is -2.24. The van der Waals surface area contributed by atoms with E-state index in [9.17, 15) is 24.6 Å². The Morgan fingerprint density at radius 3 is 2.42 bits per heavy atom. The number of pyridine rings is 1.